The number of hydrogen-bond acceptors (Lipinski definition) is 2. The Morgan fingerprint density at radius 1 is 1.17 bits per heavy atom. The minimum absolute atomic E-state index is 0.244. The summed E-state index contributed by atoms with van der Waals surface area (Å²) in [6.45, 7) is 2.94. The van der Waals surface area contributed by atoms with Crippen LogP contribution in [0.3, 0.4) is 0 Å². The summed E-state index contributed by atoms with van der Waals surface area (Å²) in [6.07, 6.45) is 1.82. The van der Waals surface area contributed by atoms with Crippen LogP contribution in [0.25, 0.3) is 0 Å². The molecule has 0 saturated heterocycles. The van der Waals surface area contributed by atoms with Crippen molar-refractivity contribution in [3.8, 4) is 0 Å². The Balaban J connectivity index is 1.97. The lowest BCUT2D eigenvalue weighted by Crippen LogP contribution is -2.18. The molecule has 1 heterocycles. The van der Waals surface area contributed by atoms with Crippen LogP contribution in [0.5, 0.6) is 0 Å². The van der Waals surface area contributed by atoms with E-state index in [0.717, 1.165) is 21.2 Å². The third-order valence-corrected chi connectivity index (χ3v) is 4.61. The van der Waals surface area contributed by atoms with Gasteiger partial charge < -0.3 is 5.32 Å². The van der Waals surface area contributed by atoms with Gasteiger partial charge in [0.2, 0.25) is 0 Å². The van der Waals surface area contributed by atoms with E-state index in [4.69, 9.17) is 0 Å². The molecule has 18 heavy (non-hydrogen) atoms. The summed E-state index contributed by atoms with van der Waals surface area (Å²) in [5, 5.41) is 3.46. The molecular formula is C14H14Br2N2. The molecule has 0 saturated carbocycles. The molecule has 1 aromatic carbocycles. The van der Waals surface area contributed by atoms with E-state index in [-0.39, 0.29) is 6.04 Å². The highest BCUT2D eigenvalue weighted by Gasteiger charge is 2.06. The van der Waals surface area contributed by atoms with Gasteiger partial charge in [-0.05, 0) is 68.6 Å². The maximum atomic E-state index is 4.34. The van der Waals surface area contributed by atoms with Crippen LogP contribution in [0.15, 0.2) is 51.5 Å². The number of rotatable bonds is 4. The molecule has 0 spiro atoms. The molecule has 2 aromatic rings. The van der Waals surface area contributed by atoms with E-state index in [1.165, 1.54) is 5.56 Å². The second kappa shape index (κ2) is 6.45. The highest BCUT2D eigenvalue weighted by molar-refractivity contribution is 9.13. The molecule has 0 aliphatic heterocycles. The zero-order chi connectivity index (χ0) is 13.0. The van der Waals surface area contributed by atoms with Crippen LogP contribution >= 0.6 is 31.9 Å². The van der Waals surface area contributed by atoms with Crippen molar-refractivity contribution in [1.82, 2.24) is 10.3 Å². The van der Waals surface area contributed by atoms with Crippen molar-refractivity contribution in [3.63, 3.8) is 0 Å². The Labute approximate surface area is 124 Å². The second-order valence-corrected chi connectivity index (χ2v) is 5.81. The first kappa shape index (κ1) is 13.7. The zero-order valence-electron chi connectivity index (χ0n) is 10.0. The minimum Gasteiger partial charge on any atom is -0.305 e. The Hall–Kier alpha value is -0.710. The fraction of sp³-hybridized carbons (Fsp3) is 0.214. The molecule has 0 fully saturated rings. The van der Waals surface area contributed by atoms with Gasteiger partial charge in [0.1, 0.15) is 0 Å². The molecule has 4 heteroatoms. The van der Waals surface area contributed by atoms with E-state index in [0.29, 0.717) is 0 Å². The van der Waals surface area contributed by atoms with Gasteiger partial charge in [0.15, 0.2) is 0 Å². The summed E-state index contributed by atoms with van der Waals surface area (Å²) in [6, 6.07) is 12.5. The Bertz CT molecular complexity index is 514. The number of hydrogen-bond donors (Lipinski definition) is 1. The fourth-order valence-corrected chi connectivity index (χ4v) is 2.33. The van der Waals surface area contributed by atoms with Gasteiger partial charge in [-0.15, -0.1) is 0 Å². The van der Waals surface area contributed by atoms with Gasteiger partial charge >= 0.3 is 0 Å². The van der Waals surface area contributed by atoms with Gasteiger partial charge in [0.25, 0.3) is 0 Å². The third-order valence-electron chi connectivity index (χ3n) is 2.73. The Morgan fingerprint density at radius 2 is 2.00 bits per heavy atom. The minimum atomic E-state index is 0.244. The topological polar surface area (TPSA) is 24.9 Å². The van der Waals surface area contributed by atoms with Crippen LogP contribution in [-0.2, 0) is 6.54 Å². The lowest BCUT2D eigenvalue weighted by molar-refractivity contribution is 0.561. The Kier molecular flexibility index (Phi) is 4.92. The zero-order valence-corrected chi connectivity index (χ0v) is 13.2. The number of aromatic nitrogens is 1. The molecule has 2 rings (SSSR count). The van der Waals surface area contributed by atoms with E-state index in [9.17, 15) is 0 Å². The molecule has 1 N–H and O–H groups in total. The second-order valence-electron chi connectivity index (χ2n) is 4.11. The molecule has 0 aliphatic carbocycles. The van der Waals surface area contributed by atoms with Gasteiger partial charge in [0.05, 0.1) is 5.69 Å². The summed E-state index contributed by atoms with van der Waals surface area (Å²) in [5.41, 5.74) is 2.31. The maximum Gasteiger partial charge on any atom is 0.0570 e. The highest BCUT2D eigenvalue weighted by atomic mass is 79.9. The smallest absolute Gasteiger partial charge is 0.0570 e. The number of nitrogens with one attached hydrogen (secondary N) is 1. The summed E-state index contributed by atoms with van der Waals surface area (Å²) in [5.74, 6) is 0. The van der Waals surface area contributed by atoms with Crippen molar-refractivity contribution >= 4 is 31.9 Å². The van der Waals surface area contributed by atoms with E-state index in [1.54, 1.807) is 0 Å². The molecular weight excluding hydrogens is 356 g/mol. The van der Waals surface area contributed by atoms with Gasteiger partial charge in [0, 0.05) is 27.7 Å². The van der Waals surface area contributed by atoms with Crippen molar-refractivity contribution < 1.29 is 0 Å². The van der Waals surface area contributed by atoms with Crippen molar-refractivity contribution in [2.75, 3.05) is 0 Å². The van der Waals surface area contributed by atoms with Crippen LogP contribution in [0.2, 0.25) is 0 Å². The molecule has 0 amide bonds. The third kappa shape index (κ3) is 3.64. The van der Waals surface area contributed by atoms with Gasteiger partial charge in [-0.2, -0.15) is 0 Å². The fourth-order valence-electron chi connectivity index (χ4n) is 1.66. The van der Waals surface area contributed by atoms with Gasteiger partial charge in [-0.25, -0.2) is 0 Å². The predicted octanol–water partition coefficient (Wildman–Crippen LogP) is 4.46. The molecule has 1 atom stereocenters. The lowest BCUT2D eigenvalue weighted by Gasteiger charge is -2.13. The van der Waals surface area contributed by atoms with Crippen molar-refractivity contribution in [3.05, 3.63) is 62.8 Å². The van der Waals surface area contributed by atoms with E-state index in [1.807, 2.05) is 30.5 Å². The van der Waals surface area contributed by atoms with Crippen LogP contribution in [-0.4, -0.2) is 4.98 Å². The summed E-state index contributed by atoms with van der Waals surface area (Å²) >= 11 is 6.98. The first-order chi connectivity index (χ1) is 8.66. The first-order valence-electron chi connectivity index (χ1n) is 5.75. The van der Waals surface area contributed by atoms with Crippen LogP contribution in [0.4, 0.5) is 0 Å². The van der Waals surface area contributed by atoms with Crippen molar-refractivity contribution in [1.29, 1.82) is 0 Å². The SMILES string of the molecule is C[C@@H](NCc1ccc(Br)c(Br)c1)c1ccccn1. The quantitative estimate of drug-likeness (QED) is 0.860. The molecule has 0 unspecified atom stereocenters. The number of pyridine rings is 1. The van der Waals surface area contributed by atoms with Crippen LogP contribution in [0, 0.1) is 0 Å². The van der Waals surface area contributed by atoms with E-state index in [2.05, 4.69) is 61.2 Å². The normalized spacial score (nSPS) is 12.4. The largest absolute Gasteiger partial charge is 0.305 e. The Morgan fingerprint density at radius 3 is 2.67 bits per heavy atom. The molecule has 1 aromatic heterocycles. The lowest BCUT2D eigenvalue weighted by atomic mass is 10.2. The van der Waals surface area contributed by atoms with Gasteiger partial charge in [-0.1, -0.05) is 12.1 Å². The summed E-state index contributed by atoms with van der Waals surface area (Å²) < 4.78 is 2.15. The van der Waals surface area contributed by atoms with Crippen molar-refractivity contribution in [2.45, 2.75) is 19.5 Å². The number of benzene rings is 1. The molecule has 0 bridgehead atoms. The van der Waals surface area contributed by atoms with Crippen molar-refractivity contribution in [2.24, 2.45) is 0 Å². The summed E-state index contributed by atoms with van der Waals surface area (Å²) in [7, 11) is 0. The van der Waals surface area contributed by atoms with E-state index >= 15 is 0 Å². The molecule has 0 radical (unpaired) electrons. The molecule has 94 valence electrons. The van der Waals surface area contributed by atoms with E-state index < -0.39 is 0 Å². The number of nitrogens with zero attached hydrogens (tertiary/aromatic N) is 1. The predicted molar refractivity (Wildman–Crippen MR) is 81.3 cm³/mol. The first-order valence-corrected chi connectivity index (χ1v) is 7.33. The van der Waals surface area contributed by atoms with Crippen LogP contribution in [0.1, 0.15) is 24.2 Å². The average molecular weight is 370 g/mol. The van der Waals surface area contributed by atoms with Gasteiger partial charge in [-0.3, -0.25) is 4.98 Å². The maximum absolute atomic E-state index is 4.34. The standard InChI is InChI=1S/C14H14Br2N2/c1-10(14-4-2-3-7-17-14)18-9-11-5-6-12(15)13(16)8-11/h2-8,10,18H,9H2,1H3/t10-/m1/s1. The number of halogens is 2. The molecule has 2 nitrogen and oxygen atoms in total. The molecule has 0 aliphatic rings. The average Bonchev–Trinajstić information content (AvgIpc) is 2.41. The monoisotopic (exact) mass is 368 g/mol. The van der Waals surface area contributed by atoms with Crippen LogP contribution < -0.4 is 5.32 Å². The summed E-state index contributed by atoms with van der Waals surface area (Å²) in [4.78, 5) is 4.34. The highest BCUT2D eigenvalue weighted by Crippen LogP contribution is 2.24.